The van der Waals surface area contributed by atoms with Crippen molar-refractivity contribution in [2.24, 2.45) is 4.99 Å². The lowest BCUT2D eigenvalue weighted by molar-refractivity contribution is -0.181. The first-order valence-corrected chi connectivity index (χ1v) is 9.84. The normalized spacial score (nSPS) is 20.5. The number of nitrogens with one attached hydrogen (secondary N) is 1. The van der Waals surface area contributed by atoms with E-state index in [1.54, 1.807) is 7.05 Å². The van der Waals surface area contributed by atoms with E-state index in [4.69, 9.17) is 0 Å². The molecular weight excluding hydrogens is 369 g/mol. The lowest BCUT2D eigenvalue weighted by atomic mass is 10.2. The van der Waals surface area contributed by atoms with E-state index >= 15 is 0 Å². The summed E-state index contributed by atoms with van der Waals surface area (Å²) in [5.74, 6) is 1.73. The Bertz CT molecular complexity index is 647. The highest BCUT2D eigenvalue weighted by atomic mass is 19.4. The molecule has 6 nitrogen and oxygen atoms in total. The summed E-state index contributed by atoms with van der Waals surface area (Å²) in [6.07, 6.45) is 0.125. The van der Waals surface area contributed by atoms with Gasteiger partial charge in [-0.15, -0.1) is 0 Å². The molecular formula is C19H29F3N6. The molecule has 0 radical (unpaired) electrons. The molecule has 1 atom stereocenters. The van der Waals surface area contributed by atoms with E-state index < -0.39 is 12.2 Å². The van der Waals surface area contributed by atoms with E-state index in [2.05, 4.69) is 26.3 Å². The van der Waals surface area contributed by atoms with Crippen molar-refractivity contribution in [1.82, 2.24) is 20.1 Å². The van der Waals surface area contributed by atoms with E-state index in [0.717, 1.165) is 24.5 Å². The van der Waals surface area contributed by atoms with Gasteiger partial charge >= 0.3 is 6.18 Å². The Kier molecular flexibility index (Phi) is 6.64. The topological polar surface area (TPSA) is 47.0 Å². The van der Waals surface area contributed by atoms with Crippen LogP contribution in [0.15, 0.2) is 23.3 Å². The van der Waals surface area contributed by atoms with Crippen molar-refractivity contribution in [2.45, 2.75) is 38.5 Å². The Balaban J connectivity index is 1.48. The molecule has 2 aliphatic rings. The van der Waals surface area contributed by atoms with Crippen LogP contribution in [0.4, 0.5) is 19.0 Å². The molecule has 1 unspecified atom stereocenters. The average Bonchev–Trinajstić information content (AvgIpc) is 3.23. The van der Waals surface area contributed by atoms with Gasteiger partial charge in [0.05, 0.1) is 0 Å². The van der Waals surface area contributed by atoms with Gasteiger partial charge in [0.25, 0.3) is 0 Å². The number of rotatable bonds is 4. The maximum atomic E-state index is 12.9. The molecule has 0 saturated carbocycles. The highest BCUT2D eigenvalue weighted by Crippen LogP contribution is 2.25. The predicted octanol–water partition coefficient (Wildman–Crippen LogP) is 2.33. The summed E-state index contributed by atoms with van der Waals surface area (Å²) in [7, 11) is 1.70. The third-order valence-corrected chi connectivity index (χ3v) is 5.54. The van der Waals surface area contributed by atoms with Crippen LogP contribution in [0.2, 0.25) is 0 Å². The molecule has 1 aromatic heterocycles. The fourth-order valence-corrected chi connectivity index (χ4v) is 3.70. The molecule has 2 fully saturated rings. The summed E-state index contributed by atoms with van der Waals surface area (Å²) in [5.41, 5.74) is 1.05. The van der Waals surface area contributed by atoms with Gasteiger partial charge in [0.1, 0.15) is 11.9 Å². The maximum absolute atomic E-state index is 12.9. The zero-order valence-corrected chi connectivity index (χ0v) is 16.5. The molecule has 1 aromatic rings. The quantitative estimate of drug-likeness (QED) is 0.623. The van der Waals surface area contributed by atoms with Crippen LogP contribution in [0, 0.1) is 0 Å². The van der Waals surface area contributed by atoms with Crippen molar-refractivity contribution in [3.05, 3.63) is 23.9 Å². The fraction of sp³-hybridized carbons (Fsp3) is 0.684. The Morgan fingerprint density at radius 3 is 2.36 bits per heavy atom. The summed E-state index contributed by atoms with van der Waals surface area (Å²) < 4.78 is 38.7. The van der Waals surface area contributed by atoms with Gasteiger partial charge in [0, 0.05) is 59.1 Å². The van der Waals surface area contributed by atoms with Crippen molar-refractivity contribution in [3.63, 3.8) is 0 Å². The van der Waals surface area contributed by atoms with Crippen molar-refractivity contribution in [3.8, 4) is 0 Å². The number of hydrogen-bond acceptors (Lipinski definition) is 4. The van der Waals surface area contributed by atoms with Crippen molar-refractivity contribution in [2.75, 3.05) is 51.2 Å². The minimum absolute atomic E-state index is 0.369. The number of anilines is 1. The Morgan fingerprint density at radius 1 is 1.14 bits per heavy atom. The monoisotopic (exact) mass is 398 g/mol. The first-order valence-electron chi connectivity index (χ1n) is 9.84. The van der Waals surface area contributed by atoms with Gasteiger partial charge < -0.3 is 15.1 Å². The molecule has 3 rings (SSSR count). The number of aliphatic imine (C=N–C) groups is 1. The summed E-state index contributed by atoms with van der Waals surface area (Å²) in [6.45, 7) is 5.71. The first-order chi connectivity index (χ1) is 13.4. The number of alkyl halides is 3. The van der Waals surface area contributed by atoms with Crippen LogP contribution in [-0.2, 0) is 6.54 Å². The van der Waals surface area contributed by atoms with Crippen LogP contribution in [0.5, 0.6) is 0 Å². The molecule has 156 valence electrons. The van der Waals surface area contributed by atoms with E-state index in [1.165, 1.54) is 24.7 Å². The second-order valence-electron chi connectivity index (χ2n) is 7.36. The van der Waals surface area contributed by atoms with E-state index in [1.807, 2.05) is 17.2 Å². The van der Waals surface area contributed by atoms with Gasteiger partial charge in [-0.1, -0.05) is 6.07 Å². The molecule has 28 heavy (non-hydrogen) atoms. The van der Waals surface area contributed by atoms with Crippen molar-refractivity contribution < 1.29 is 13.2 Å². The van der Waals surface area contributed by atoms with Gasteiger partial charge in [-0.3, -0.25) is 9.89 Å². The first kappa shape index (κ1) is 20.7. The van der Waals surface area contributed by atoms with Crippen LogP contribution < -0.4 is 10.2 Å². The summed E-state index contributed by atoms with van der Waals surface area (Å²) in [5, 5.41) is 3.30. The molecule has 0 amide bonds. The summed E-state index contributed by atoms with van der Waals surface area (Å²) in [4.78, 5) is 14.6. The number of guanidine groups is 1. The van der Waals surface area contributed by atoms with Crippen molar-refractivity contribution in [1.29, 1.82) is 0 Å². The number of hydrogen-bond donors (Lipinski definition) is 1. The third kappa shape index (κ3) is 5.06. The van der Waals surface area contributed by atoms with Crippen LogP contribution in [0.1, 0.15) is 25.3 Å². The van der Waals surface area contributed by atoms with Crippen LogP contribution in [-0.4, -0.2) is 79.3 Å². The van der Waals surface area contributed by atoms with E-state index in [9.17, 15) is 13.2 Å². The Hall–Kier alpha value is -2.03. The minimum Gasteiger partial charge on any atom is -0.357 e. The number of aromatic nitrogens is 1. The Labute approximate surface area is 164 Å². The smallest absolute Gasteiger partial charge is 0.357 e. The van der Waals surface area contributed by atoms with Crippen LogP contribution >= 0.6 is 0 Å². The van der Waals surface area contributed by atoms with Gasteiger partial charge in [-0.2, -0.15) is 13.2 Å². The number of nitrogens with zero attached hydrogens (tertiary/aromatic N) is 5. The third-order valence-electron chi connectivity index (χ3n) is 5.54. The van der Waals surface area contributed by atoms with Crippen LogP contribution in [0.3, 0.4) is 0 Å². The molecule has 0 aliphatic carbocycles. The summed E-state index contributed by atoms with van der Waals surface area (Å²) in [6, 6.07) is 2.69. The molecule has 9 heteroatoms. The van der Waals surface area contributed by atoms with E-state index in [-0.39, 0.29) is 0 Å². The molecule has 0 aromatic carbocycles. The Morgan fingerprint density at radius 2 is 1.82 bits per heavy atom. The average molecular weight is 398 g/mol. The zero-order valence-electron chi connectivity index (χ0n) is 16.5. The summed E-state index contributed by atoms with van der Waals surface area (Å²) >= 11 is 0. The molecule has 1 N–H and O–H groups in total. The van der Waals surface area contributed by atoms with Gasteiger partial charge in [0.2, 0.25) is 0 Å². The molecule has 0 bridgehead atoms. The second kappa shape index (κ2) is 8.98. The van der Waals surface area contributed by atoms with Crippen LogP contribution in [0.25, 0.3) is 0 Å². The second-order valence-corrected chi connectivity index (χ2v) is 7.36. The lowest BCUT2D eigenvalue weighted by Gasteiger charge is -2.39. The predicted molar refractivity (Wildman–Crippen MR) is 105 cm³/mol. The molecule has 3 heterocycles. The largest absolute Gasteiger partial charge is 0.403 e. The van der Waals surface area contributed by atoms with Crippen molar-refractivity contribution >= 4 is 11.8 Å². The highest BCUT2D eigenvalue weighted by Gasteiger charge is 2.41. The molecule has 2 aliphatic heterocycles. The highest BCUT2D eigenvalue weighted by molar-refractivity contribution is 5.80. The molecule has 0 spiro atoms. The van der Waals surface area contributed by atoms with E-state index in [0.29, 0.717) is 38.7 Å². The lowest BCUT2D eigenvalue weighted by Crippen LogP contribution is -2.56. The number of halogens is 3. The number of piperazine rings is 1. The number of pyridine rings is 1. The fourth-order valence-electron chi connectivity index (χ4n) is 3.70. The minimum atomic E-state index is -4.18. The SMILES string of the molecule is CN=C(NCc1ccc(N2CCCC2)nc1)N1CCN(C(C)C(F)(F)F)CC1. The standard InChI is InChI=1S/C19H29F3N6/c1-15(19(20,21)22)26-9-11-28(12-10-26)18(23-2)25-14-16-5-6-17(24-13-16)27-7-3-4-8-27/h5-6,13,15H,3-4,7-12,14H2,1-2H3,(H,23,25). The maximum Gasteiger partial charge on any atom is 0.403 e. The van der Waals surface area contributed by atoms with Gasteiger partial charge in [0.15, 0.2) is 5.96 Å². The molecule has 2 saturated heterocycles. The zero-order chi connectivity index (χ0) is 20.1. The van der Waals surface area contributed by atoms with Gasteiger partial charge in [-0.25, -0.2) is 4.98 Å². The van der Waals surface area contributed by atoms with Gasteiger partial charge in [-0.05, 0) is 31.4 Å².